The Morgan fingerprint density at radius 1 is 1.26 bits per heavy atom. The first-order valence-corrected chi connectivity index (χ1v) is 7.98. The molecule has 19 heavy (non-hydrogen) atoms. The number of nitrogens with zero attached hydrogens (tertiary/aromatic N) is 1. The summed E-state index contributed by atoms with van der Waals surface area (Å²) >= 11 is 0. The van der Waals surface area contributed by atoms with Gasteiger partial charge >= 0.3 is 0 Å². The van der Waals surface area contributed by atoms with Crippen LogP contribution in [0, 0.1) is 5.92 Å². The first-order valence-electron chi connectivity index (χ1n) is 6.16. The molecule has 1 amide bonds. The summed E-state index contributed by atoms with van der Waals surface area (Å²) in [5.74, 6) is -0.545. The summed E-state index contributed by atoms with van der Waals surface area (Å²) in [4.78, 5) is 13.9. The Labute approximate surface area is 113 Å². The van der Waals surface area contributed by atoms with Gasteiger partial charge in [-0.25, -0.2) is 8.42 Å². The highest BCUT2D eigenvalue weighted by Crippen LogP contribution is 2.21. The number of benzene rings is 1. The van der Waals surface area contributed by atoms with Crippen molar-refractivity contribution in [2.45, 2.75) is 6.42 Å². The van der Waals surface area contributed by atoms with Crippen molar-refractivity contribution in [3.63, 3.8) is 0 Å². The van der Waals surface area contributed by atoms with E-state index >= 15 is 0 Å². The molecular weight excluding hydrogens is 264 g/mol. The third kappa shape index (κ3) is 3.47. The van der Waals surface area contributed by atoms with E-state index in [0.717, 1.165) is 5.69 Å². The molecule has 1 N–H and O–H groups in total. The maximum atomic E-state index is 11.9. The van der Waals surface area contributed by atoms with Crippen LogP contribution in [0.3, 0.4) is 0 Å². The van der Waals surface area contributed by atoms with E-state index in [2.05, 4.69) is 5.32 Å². The molecule has 1 heterocycles. The van der Waals surface area contributed by atoms with Crippen LogP contribution >= 0.6 is 0 Å². The molecule has 0 radical (unpaired) electrons. The summed E-state index contributed by atoms with van der Waals surface area (Å²) in [5.41, 5.74) is 1.74. The van der Waals surface area contributed by atoms with Crippen LogP contribution in [0.1, 0.15) is 6.42 Å². The van der Waals surface area contributed by atoms with Gasteiger partial charge in [-0.1, -0.05) is 0 Å². The lowest BCUT2D eigenvalue weighted by Gasteiger charge is -2.14. The number of sulfone groups is 1. The van der Waals surface area contributed by atoms with Crippen LogP contribution in [0.5, 0.6) is 0 Å². The van der Waals surface area contributed by atoms with Crippen molar-refractivity contribution in [3.05, 3.63) is 24.3 Å². The predicted molar refractivity (Wildman–Crippen MR) is 76.2 cm³/mol. The number of carbonyl (C=O) groups excluding carboxylic acids is 1. The number of carbonyl (C=O) groups is 1. The van der Waals surface area contributed by atoms with Gasteiger partial charge in [-0.05, 0) is 30.7 Å². The molecule has 6 heteroatoms. The van der Waals surface area contributed by atoms with Crippen molar-refractivity contribution in [1.29, 1.82) is 0 Å². The Kier molecular flexibility index (Phi) is 3.80. The maximum absolute atomic E-state index is 11.9. The molecule has 104 valence electrons. The van der Waals surface area contributed by atoms with E-state index < -0.39 is 15.8 Å². The van der Waals surface area contributed by atoms with Gasteiger partial charge in [0.2, 0.25) is 5.91 Å². The van der Waals surface area contributed by atoms with Gasteiger partial charge in [0.05, 0.1) is 17.4 Å². The number of nitrogens with one attached hydrogen (secondary N) is 1. The van der Waals surface area contributed by atoms with E-state index in [4.69, 9.17) is 0 Å². The van der Waals surface area contributed by atoms with Crippen molar-refractivity contribution in [2.24, 2.45) is 5.92 Å². The Balaban J connectivity index is 1.99. The zero-order chi connectivity index (χ0) is 14.0. The van der Waals surface area contributed by atoms with Crippen molar-refractivity contribution >= 4 is 27.1 Å². The number of anilines is 2. The fraction of sp³-hybridized carbons (Fsp3) is 0.462. The van der Waals surface area contributed by atoms with E-state index in [1.165, 1.54) is 0 Å². The lowest BCUT2D eigenvalue weighted by Crippen LogP contribution is -2.23. The minimum Gasteiger partial charge on any atom is -0.378 e. The third-order valence-electron chi connectivity index (χ3n) is 3.25. The molecule has 1 unspecified atom stereocenters. The molecule has 1 fully saturated rings. The van der Waals surface area contributed by atoms with Gasteiger partial charge in [-0.2, -0.15) is 0 Å². The SMILES string of the molecule is CN(C)c1ccc(NC(=O)C2CCS(=O)(=O)C2)cc1. The molecule has 0 spiro atoms. The molecule has 5 nitrogen and oxygen atoms in total. The third-order valence-corrected chi connectivity index (χ3v) is 5.02. The molecular formula is C13H18N2O3S. The summed E-state index contributed by atoms with van der Waals surface area (Å²) in [7, 11) is 0.865. The van der Waals surface area contributed by atoms with Crippen molar-refractivity contribution in [2.75, 3.05) is 35.8 Å². The highest BCUT2D eigenvalue weighted by atomic mass is 32.2. The molecule has 0 aliphatic carbocycles. The molecule has 1 aliphatic heterocycles. The highest BCUT2D eigenvalue weighted by Gasteiger charge is 2.32. The minimum atomic E-state index is -3.02. The van der Waals surface area contributed by atoms with Crippen LogP contribution in [0.25, 0.3) is 0 Å². The van der Waals surface area contributed by atoms with E-state index in [9.17, 15) is 13.2 Å². The Morgan fingerprint density at radius 2 is 1.89 bits per heavy atom. The second-order valence-electron chi connectivity index (χ2n) is 5.03. The van der Waals surface area contributed by atoms with Crippen molar-refractivity contribution in [3.8, 4) is 0 Å². The molecule has 0 aromatic heterocycles. The number of hydrogen-bond acceptors (Lipinski definition) is 4. The van der Waals surface area contributed by atoms with Gasteiger partial charge in [0.25, 0.3) is 0 Å². The summed E-state index contributed by atoms with van der Waals surface area (Å²) < 4.78 is 22.7. The molecule has 1 aromatic rings. The topological polar surface area (TPSA) is 66.5 Å². The minimum absolute atomic E-state index is 0.0331. The molecule has 2 rings (SSSR count). The van der Waals surface area contributed by atoms with Gasteiger partial charge in [-0.3, -0.25) is 4.79 Å². The van der Waals surface area contributed by atoms with Crippen LogP contribution < -0.4 is 10.2 Å². The molecule has 1 aliphatic rings. The first kappa shape index (κ1) is 13.9. The lowest BCUT2D eigenvalue weighted by atomic mass is 10.1. The van der Waals surface area contributed by atoms with Gasteiger partial charge in [-0.15, -0.1) is 0 Å². The van der Waals surface area contributed by atoms with E-state index in [-0.39, 0.29) is 17.4 Å². The molecule has 0 saturated carbocycles. The van der Waals surface area contributed by atoms with Crippen molar-refractivity contribution in [1.82, 2.24) is 0 Å². The number of hydrogen-bond donors (Lipinski definition) is 1. The second-order valence-corrected chi connectivity index (χ2v) is 7.26. The standard InChI is InChI=1S/C13H18N2O3S/c1-15(2)12-5-3-11(4-6-12)14-13(16)10-7-8-19(17,18)9-10/h3-6,10H,7-9H2,1-2H3,(H,14,16). The average Bonchev–Trinajstić information content (AvgIpc) is 2.70. The van der Waals surface area contributed by atoms with Crippen LogP contribution in [0.2, 0.25) is 0 Å². The molecule has 1 atom stereocenters. The predicted octanol–water partition coefficient (Wildman–Crippen LogP) is 1.13. The Bertz CT molecular complexity index is 564. The monoisotopic (exact) mass is 282 g/mol. The maximum Gasteiger partial charge on any atom is 0.228 e. The van der Waals surface area contributed by atoms with Crippen LogP contribution in [0.4, 0.5) is 11.4 Å². The zero-order valence-corrected chi connectivity index (χ0v) is 11.9. The number of amides is 1. The quantitative estimate of drug-likeness (QED) is 0.902. The summed E-state index contributed by atoms with van der Waals surface area (Å²) in [6.07, 6.45) is 0.421. The van der Waals surface area contributed by atoms with Crippen molar-refractivity contribution < 1.29 is 13.2 Å². The van der Waals surface area contributed by atoms with E-state index in [0.29, 0.717) is 12.1 Å². The largest absolute Gasteiger partial charge is 0.378 e. The van der Waals surface area contributed by atoms with Gasteiger partial charge in [0.15, 0.2) is 9.84 Å². The highest BCUT2D eigenvalue weighted by molar-refractivity contribution is 7.91. The fourth-order valence-corrected chi connectivity index (χ4v) is 3.83. The van der Waals surface area contributed by atoms with E-state index in [1.807, 2.05) is 43.3 Å². The zero-order valence-electron chi connectivity index (χ0n) is 11.1. The second kappa shape index (κ2) is 5.21. The van der Waals surface area contributed by atoms with E-state index in [1.54, 1.807) is 0 Å². The summed E-state index contributed by atoms with van der Waals surface area (Å²) in [6.45, 7) is 0. The van der Waals surface area contributed by atoms with Crippen LogP contribution in [0.15, 0.2) is 24.3 Å². The smallest absolute Gasteiger partial charge is 0.228 e. The van der Waals surface area contributed by atoms with Gasteiger partial charge < -0.3 is 10.2 Å². The molecule has 0 bridgehead atoms. The fourth-order valence-electron chi connectivity index (χ4n) is 2.09. The Hall–Kier alpha value is -1.56. The van der Waals surface area contributed by atoms with Crippen LogP contribution in [-0.4, -0.2) is 39.9 Å². The molecule has 1 saturated heterocycles. The summed E-state index contributed by atoms with van der Waals surface area (Å²) in [6, 6.07) is 7.44. The normalized spacial score (nSPS) is 21.1. The number of rotatable bonds is 3. The molecule has 1 aromatic carbocycles. The van der Waals surface area contributed by atoms with Crippen LogP contribution in [-0.2, 0) is 14.6 Å². The summed E-state index contributed by atoms with van der Waals surface area (Å²) in [5, 5.41) is 2.77. The van der Waals surface area contributed by atoms with Gasteiger partial charge in [0, 0.05) is 25.5 Å². The first-order chi connectivity index (χ1) is 8.87. The van der Waals surface area contributed by atoms with Gasteiger partial charge in [0.1, 0.15) is 0 Å². The Morgan fingerprint density at radius 3 is 2.37 bits per heavy atom. The lowest BCUT2D eigenvalue weighted by molar-refractivity contribution is -0.119. The average molecular weight is 282 g/mol.